The van der Waals surface area contributed by atoms with Crippen LogP contribution >= 0.6 is 11.6 Å². The summed E-state index contributed by atoms with van der Waals surface area (Å²) in [5, 5.41) is 12.7. The Kier molecular flexibility index (Phi) is 9.80. The van der Waals surface area contributed by atoms with Crippen molar-refractivity contribution in [1.82, 2.24) is 29.4 Å². The number of hydrogen-bond donors (Lipinski definition) is 2. The van der Waals surface area contributed by atoms with Crippen LogP contribution in [-0.4, -0.2) is 98.8 Å². The maximum atomic E-state index is 14.3. The van der Waals surface area contributed by atoms with Crippen molar-refractivity contribution in [3.05, 3.63) is 68.6 Å². The molecule has 2 N–H and O–H groups in total. The molecule has 1 aromatic carbocycles. The highest BCUT2D eigenvalue weighted by Crippen LogP contribution is 2.34. The zero-order valence-corrected chi connectivity index (χ0v) is 27.9. The summed E-state index contributed by atoms with van der Waals surface area (Å²) >= 11 is 6.11. The van der Waals surface area contributed by atoms with Gasteiger partial charge in [0.25, 0.3) is 5.91 Å². The third-order valence-electron chi connectivity index (χ3n) is 8.66. The predicted molar refractivity (Wildman–Crippen MR) is 178 cm³/mol. The van der Waals surface area contributed by atoms with Crippen LogP contribution in [0.2, 0.25) is 5.02 Å². The highest BCUT2D eigenvalue weighted by Gasteiger charge is 2.32. The second kappa shape index (κ2) is 14.1. The van der Waals surface area contributed by atoms with Gasteiger partial charge in [0, 0.05) is 45.0 Å². The van der Waals surface area contributed by atoms with Crippen LogP contribution in [-0.2, 0) is 28.7 Å². The molecule has 3 aromatic heterocycles. The number of hydrogen-bond acceptors (Lipinski definition) is 11. The molecule has 0 atom stereocenters. The van der Waals surface area contributed by atoms with Gasteiger partial charge in [0.1, 0.15) is 24.4 Å². The van der Waals surface area contributed by atoms with E-state index in [1.807, 2.05) is 16.7 Å². The summed E-state index contributed by atoms with van der Waals surface area (Å²) in [5.41, 5.74) is -0.250. The molecule has 18 heteroatoms. The molecule has 4 aromatic rings. The second-order valence-electron chi connectivity index (χ2n) is 11.7. The van der Waals surface area contributed by atoms with Crippen molar-refractivity contribution in [1.29, 1.82) is 0 Å². The smallest absolute Gasteiger partial charge is 0.416 e. The summed E-state index contributed by atoms with van der Waals surface area (Å²) < 4.78 is 46.6. The van der Waals surface area contributed by atoms with Crippen LogP contribution in [0.15, 0.2) is 35.5 Å². The molecule has 0 unspecified atom stereocenters. The van der Waals surface area contributed by atoms with Gasteiger partial charge in [-0.25, -0.2) is 19.9 Å². The van der Waals surface area contributed by atoms with Gasteiger partial charge in [-0.05, 0) is 31.5 Å². The van der Waals surface area contributed by atoms with Crippen LogP contribution in [0.25, 0.3) is 11.2 Å². The molecule has 0 spiro atoms. The number of alkyl halides is 3. The van der Waals surface area contributed by atoms with Gasteiger partial charge in [0.15, 0.2) is 22.6 Å². The van der Waals surface area contributed by atoms with Gasteiger partial charge in [0.05, 0.1) is 41.4 Å². The first kappa shape index (κ1) is 34.8. The summed E-state index contributed by atoms with van der Waals surface area (Å²) in [4.78, 5) is 63.5. The molecule has 0 saturated carbocycles. The van der Waals surface area contributed by atoms with Crippen LogP contribution in [0.1, 0.15) is 34.4 Å². The fourth-order valence-corrected chi connectivity index (χ4v) is 6.28. The maximum absolute atomic E-state index is 14.3. The Morgan fingerprint density at radius 2 is 1.76 bits per heavy atom. The molecule has 0 bridgehead atoms. The molecule has 2 amide bonds. The monoisotopic (exact) mass is 715 g/mol. The van der Waals surface area contributed by atoms with Gasteiger partial charge in [-0.3, -0.25) is 14.4 Å². The third kappa shape index (κ3) is 6.87. The lowest BCUT2D eigenvalue weighted by Gasteiger charge is -2.37. The number of aryl methyl sites for hydroxylation is 1. The van der Waals surface area contributed by atoms with E-state index in [0.29, 0.717) is 49.9 Å². The Morgan fingerprint density at radius 3 is 2.42 bits per heavy atom. The van der Waals surface area contributed by atoms with E-state index in [2.05, 4.69) is 20.3 Å². The average molecular weight is 716 g/mol. The minimum atomic E-state index is -4.61. The fraction of sp³-hybridized carbons (Fsp3) is 0.406. The minimum absolute atomic E-state index is 0.0142. The van der Waals surface area contributed by atoms with Crippen molar-refractivity contribution < 1.29 is 32.6 Å². The number of carbonyl (C=O) groups is 2. The average Bonchev–Trinajstić information content (AvgIpc) is 3.11. The lowest BCUT2D eigenvalue weighted by molar-refractivity contribution is -0.137. The number of morpholine rings is 1. The predicted octanol–water partition coefficient (Wildman–Crippen LogP) is 3.27. The molecule has 14 nitrogen and oxygen atoms in total. The first-order valence-electron chi connectivity index (χ1n) is 15.8. The van der Waals surface area contributed by atoms with E-state index < -0.39 is 29.0 Å². The van der Waals surface area contributed by atoms with Crippen molar-refractivity contribution in [2.75, 3.05) is 67.6 Å². The normalized spacial score (nSPS) is 15.4. The van der Waals surface area contributed by atoms with Gasteiger partial charge in [-0.15, -0.1) is 0 Å². The topological polar surface area (TPSA) is 159 Å². The quantitative estimate of drug-likeness (QED) is 0.289. The molecule has 0 aliphatic carbocycles. The zero-order chi connectivity index (χ0) is 35.7. The van der Waals surface area contributed by atoms with Crippen LogP contribution in [0.5, 0.6) is 5.75 Å². The number of fused-ring (bicyclic) bond motifs is 1. The number of nitrogens with one attached hydrogen (secondary N) is 1. The van der Waals surface area contributed by atoms with E-state index in [9.17, 15) is 32.7 Å². The van der Waals surface area contributed by atoms with Crippen molar-refractivity contribution in [3.8, 4) is 5.75 Å². The number of anilines is 3. The number of nitrogens with zero attached hydrogens (tertiary/aromatic N) is 8. The van der Waals surface area contributed by atoms with Crippen molar-refractivity contribution in [2.24, 2.45) is 0 Å². The molecule has 5 heterocycles. The van der Waals surface area contributed by atoms with Crippen LogP contribution < -0.4 is 20.5 Å². The van der Waals surface area contributed by atoms with E-state index in [1.165, 1.54) is 17.4 Å². The van der Waals surface area contributed by atoms with E-state index in [1.54, 1.807) is 11.5 Å². The molecular weight excluding hydrogens is 683 g/mol. The maximum Gasteiger partial charge on any atom is 0.416 e. The van der Waals surface area contributed by atoms with Crippen LogP contribution in [0, 0.1) is 6.92 Å². The molecule has 2 aliphatic heterocycles. The molecule has 264 valence electrons. The second-order valence-corrected chi connectivity index (χ2v) is 12.1. The fourth-order valence-electron chi connectivity index (χ4n) is 6.05. The number of piperazine rings is 1. The minimum Gasteiger partial charge on any atom is -0.504 e. The largest absolute Gasteiger partial charge is 0.504 e. The highest BCUT2D eigenvalue weighted by molar-refractivity contribution is 6.33. The first-order valence-corrected chi connectivity index (χ1v) is 16.2. The standard InChI is InChI=1S/C32H33ClF3N9O5/c1-3-22-27(43-6-8-44(9-7-43)31(49)26-28(47)18(2)38-17-39-26)29(48)25-30(37-15-23(41-25)42-10-12-50-13-11-42)45(22)16-24(46)40-21-5-4-19(14-20(21)33)32(34,35)36/h4-5,14-15,17,47H,3,6-13,16H2,1-2H3,(H,40,46). The number of carbonyl (C=O) groups excluding carboxylic acids is 2. The summed E-state index contributed by atoms with van der Waals surface area (Å²) in [6.07, 6.45) is -1.57. The van der Waals surface area contributed by atoms with Crippen molar-refractivity contribution in [3.63, 3.8) is 0 Å². The lowest BCUT2D eigenvalue weighted by atomic mass is 10.1. The van der Waals surface area contributed by atoms with Crippen molar-refractivity contribution in [2.45, 2.75) is 33.0 Å². The number of pyridine rings is 1. The number of benzene rings is 1. The summed E-state index contributed by atoms with van der Waals surface area (Å²) in [7, 11) is 0. The third-order valence-corrected chi connectivity index (χ3v) is 8.97. The first-order chi connectivity index (χ1) is 23.9. The number of ether oxygens (including phenoxy) is 1. The summed E-state index contributed by atoms with van der Waals surface area (Å²) in [6, 6.07) is 2.64. The Hall–Kier alpha value is -5.03. The number of rotatable bonds is 7. The van der Waals surface area contributed by atoms with E-state index in [0.717, 1.165) is 18.2 Å². The molecule has 2 aliphatic rings. The van der Waals surface area contributed by atoms with Crippen LogP contribution in [0.3, 0.4) is 0 Å². The zero-order valence-electron chi connectivity index (χ0n) is 27.1. The van der Waals surface area contributed by atoms with Crippen LogP contribution in [0.4, 0.5) is 30.4 Å². The summed E-state index contributed by atoms with van der Waals surface area (Å²) in [6.45, 7) is 5.96. The van der Waals surface area contributed by atoms with Gasteiger partial charge in [-0.2, -0.15) is 13.2 Å². The Bertz CT molecular complexity index is 2010. The number of amides is 2. The number of aromatic nitrogens is 5. The van der Waals surface area contributed by atoms with E-state index in [4.69, 9.17) is 21.3 Å². The van der Waals surface area contributed by atoms with Gasteiger partial charge in [-0.1, -0.05) is 18.5 Å². The molecule has 50 heavy (non-hydrogen) atoms. The van der Waals surface area contributed by atoms with Gasteiger partial charge < -0.3 is 34.4 Å². The lowest BCUT2D eigenvalue weighted by Crippen LogP contribution is -2.50. The SMILES string of the molecule is CCc1c(N2CCN(C(=O)c3ncnc(C)c3O)CC2)c(=O)c2nc(N3CCOCC3)cnc2n1CC(=O)Nc1ccc(C(F)(F)F)cc1Cl. The Balaban J connectivity index is 1.35. The Labute approximate surface area is 288 Å². The Morgan fingerprint density at radius 1 is 1.04 bits per heavy atom. The van der Waals surface area contributed by atoms with E-state index in [-0.39, 0.29) is 71.7 Å². The molecular formula is C32H33ClF3N9O5. The highest BCUT2D eigenvalue weighted by atomic mass is 35.5. The summed E-state index contributed by atoms with van der Waals surface area (Å²) in [5.74, 6) is -0.919. The molecule has 2 fully saturated rings. The number of aromatic hydroxyl groups is 1. The number of halogens is 4. The van der Waals surface area contributed by atoms with E-state index >= 15 is 0 Å². The molecule has 2 saturated heterocycles. The molecule has 0 radical (unpaired) electrons. The van der Waals surface area contributed by atoms with Gasteiger partial charge >= 0.3 is 6.18 Å². The molecule has 6 rings (SSSR count). The van der Waals surface area contributed by atoms with Crippen molar-refractivity contribution >= 4 is 51.8 Å². The van der Waals surface area contributed by atoms with Gasteiger partial charge in [0.2, 0.25) is 11.3 Å².